The molecule has 6 heteroatoms. The van der Waals surface area contributed by atoms with Crippen molar-refractivity contribution in [1.29, 1.82) is 0 Å². The van der Waals surface area contributed by atoms with E-state index in [1.54, 1.807) is 4.90 Å². The molecule has 0 aromatic rings. The maximum Gasteiger partial charge on any atom is 0.228 e. The number of rotatable bonds is 2. The number of nitrogens with one attached hydrogen (secondary N) is 2. The molecule has 0 saturated carbocycles. The maximum absolute atomic E-state index is 12.0. The molecule has 2 unspecified atom stereocenters. The molecule has 0 aromatic carbocycles. The normalized spacial score (nSPS) is 28.4. The first-order valence-electron chi connectivity index (χ1n) is 5.42. The molecule has 2 fully saturated rings. The molecule has 5 nitrogen and oxygen atoms in total. The Bertz CT molecular complexity index is 279. The first-order chi connectivity index (χ1) is 7.18. The maximum atomic E-state index is 12.0. The Labute approximate surface area is 101 Å². The number of hydrogen-bond acceptors (Lipinski definition) is 3. The van der Waals surface area contributed by atoms with Crippen LogP contribution in [0.3, 0.4) is 0 Å². The highest BCUT2D eigenvalue weighted by Crippen LogP contribution is 2.15. The van der Waals surface area contributed by atoms with E-state index in [-0.39, 0.29) is 30.1 Å². The lowest BCUT2D eigenvalue weighted by atomic mass is 10.1. The Kier molecular flexibility index (Phi) is 4.56. The third-order valence-corrected chi connectivity index (χ3v) is 3.26. The van der Waals surface area contributed by atoms with Gasteiger partial charge in [-0.05, 0) is 13.0 Å². The van der Waals surface area contributed by atoms with Crippen LogP contribution >= 0.6 is 12.4 Å². The number of hydrogen-bond donors (Lipinski definition) is 2. The molecule has 16 heavy (non-hydrogen) atoms. The summed E-state index contributed by atoms with van der Waals surface area (Å²) in [6.07, 6.45) is 1.36. The predicted molar refractivity (Wildman–Crippen MR) is 62.4 cm³/mol. The molecule has 2 aliphatic rings. The van der Waals surface area contributed by atoms with E-state index < -0.39 is 0 Å². The standard InChI is InChI=1S/C10H17N3O2.ClH/c1-13(8-2-3-11-6-8)10(15)7-4-9(14)12-5-7;/h7-8,11H,2-6H2,1H3,(H,12,14);1H. The second-order valence-electron chi connectivity index (χ2n) is 4.30. The Morgan fingerprint density at radius 2 is 2.19 bits per heavy atom. The molecular weight excluding hydrogens is 230 g/mol. The average molecular weight is 248 g/mol. The van der Waals surface area contributed by atoms with E-state index in [9.17, 15) is 9.59 Å². The zero-order valence-corrected chi connectivity index (χ0v) is 10.2. The van der Waals surface area contributed by atoms with Crippen molar-refractivity contribution >= 4 is 24.2 Å². The van der Waals surface area contributed by atoms with Crippen LogP contribution in [0.25, 0.3) is 0 Å². The molecule has 0 bridgehead atoms. The van der Waals surface area contributed by atoms with E-state index in [0.717, 1.165) is 19.5 Å². The average Bonchev–Trinajstić information content (AvgIpc) is 2.85. The second kappa shape index (κ2) is 5.50. The lowest BCUT2D eigenvalue weighted by Gasteiger charge is -2.26. The molecule has 0 spiro atoms. The van der Waals surface area contributed by atoms with Gasteiger partial charge in [0.25, 0.3) is 0 Å². The second-order valence-corrected chi connectivity index (χ2v) is 4.30. The third-order valence-electron chi connectivity index (χ3n) is 3.26. The van der Waals surface area contributed by atoms with Gasteiger partial charge in [0.05, 0.1) is 5.92 Å². The van der Waals surface area contributed by atoms with Crippen molar-refractivity contribution in [2.75, 3.05) is 26.7 Å². The van der Waals surface area contributed by atoms with Crippen LogP contribution in [-0.4, -0.2) is 49.4 Å². The van der Waals surface area contributed by atoms with E-state index in [4.69, 9.17) is 0 Å². The molecule has 0 aliphatic carbocycles. The zero-order chi connectivity index (χ0) is 10.8. The van der Waals surface area contributed by atoms with E-state index >= 15 is 0 Å². The van der Waals surface area contributed by atoms with Crippen molar-refractivity contribution in [2.45, 2.75) is 18.9 Å². The number of carbonyl (C=O) groups is 2. The molecule has 2 saturated heterocycles. The smallest absolute Gasteiger partial charge is 0.228 e. The molecule has 2 amide bonds. The molecule has 92 valence electrons. The van der Waals surface area contributed by atoms with Gasteiger partial charge in [0, 0.05) is 32.6 Å². The van der Waals surface area contributed by atoms with Crippen molar-refractivity contribution in [3.05, 3.63) is 0 Å². The largest absolute Gasteiger partial charge is 0.355 e. The monoisotopic (exact) mass is 247 g/mol. The fraction of sp³-hybridized carbons (Fsp3) is 0.800. The van der Waals surface area contributed by atoms with E-state index in [1.165, 1.54) is 0 Å². The number of likely N-dealkylation sites (N-methyl/N-ethyl adjacent to an activating group) is 1. The van der Waals surface area contributed by atoms with Crippen molar-refractivity contribution in [3.63, 3.8) is 0 Å². The summed E-state index contributed by atoms with van der Waals surface area (Å²) in [6, 6.07) is 0.299. The van der Waals surface area contributed by atoms with Gasteiger partial charge in [-0.15, -0.1) is 12.4 Å². The third kappa shape index (κ3) is 2.65. The van der Waals surface area contributed by atoms with Crippen molar-refractivity contribution in [3.8, 4) is 0 Å². The Balaban J connectivity index is 0.00000128. The van der Waals surface area contributed by atoms with Gasteiger partial charge in [0.1, 0.15) is 0 Å². The zero-order valence-electron chi connectivity index (χ0n) is 9.36. The van der Waals surface area contributed by atoms with Gasteiger partial charge in [0.2, 0.25) is 11.8 Å². The highest BCUT2D eigenvalue weighted by atomic mass is 35.5. The van der Waals surface area contributed by atoms with Crippen LogP contribution in [0.2, 0.25) is 0 Å². The van der Waals surface area contributed by atoms with Crippen molar-refractivity contribution in [1.82, 2.24) is 15.5 Å². The number of carbonyl (C=O) groups excluding carboxylic acids is 2. The molecular formula is C10H18ClN3O2. The minimum atomic E-state index is -0.150. The first-order valence-corrected chi connectivity index (χ1v) is 5.42. The molecule has 2 heterocycles. The fourth-order valence-electron chi connectivity index (χ4n) is 2.22. The first kappa shape index (κ1) is 13.3. The van der Waals surface area contributed by atoms with Crippen LogP contribution in [0.5, 0.6) is 0 Å². The van der Waals surface area contributed by atoms with Crippen LogP contribution in [0.4, 0.5) is 0 Å². The van der Waals surface area contributed by atoms with Gasteiger partial charge in [0.15, 0.2) is 0 Å². The van der Waals surface area contributed by atoms with Gasteiger partial charge in [-0.25, -0.2) is 0 Å². The SMILES string of the molecule is CN(C(=O)C1CNC(=O)C1)C1CCNC1.Cl. The summed E-state index contributed by atoms with van der Waals surface area (Å²) in [4.78, 5) is 24.8. The Morgan fingerprint density at radius 3 is 2.69 bits per heavy atom. The molecule has 2 N–H and O–H groups in total. The number of amides is 2. The number of halogens is 1. The molecule has 2 atom stereocenters. The van der Waals surface area contributed by atoms with Crippen LogP contribution in [0.1, 0.15) is 12.8 Å². The minimum absolute atomic E-state index is 0. The van der Waals surface area contributed by atoms with Gasteiger partial charge >= 0.3 is 0 Å². The highest BCUT2D eigenvalue weighted by Gasteiger charge is 2.33. The van der Waals surface area contributed by atoms with E-state index in [1.807, 2.05) is 7.05 Å². The summed E-state index contributed by atoms with van der Waals surface area (Å²) in [6.45, 7) is 2.35. The van der Waals surface area contributed by atoms with Crippen LogP contribution < -0.4 is 10.6 Å². The van der Waals surface area contributed by atoms with Crippen LogP contribution in [0.15, 0.2) is 0 Å². The summed E-state index contributed by atoms with van der Waals surface area (Å²) in [5.74, 6) is -0.0588. The summed E-state index contributed by atoms with van der Waals surface area (Å²) in [5.41, 5.74) is 0. The lowest BCUT2D eigenvalue weighted by Crippen LogP contribution is -2.42. The quantitative estimate of drug-likeness (QED) is 0.683. The van der Waals surface area contributed by atoms with Crippen LogP contribution in [0, 0.1) is 5.92 Å². The van der Waals surface area contributed by atoms with Gasteiger partial charge in [-0.2, -0.15) is 0 Å². The topological polar surface area (TPSA) is 61.4 Å². The van der Waals surface area contributed by atoms with Gasteiger partial charge < -0.3 is 15.5 Å². The Morgan fingerprint density at radius 1 is 1.44 bits per heavy atom. The summed E-state index contributed by atoms with van der Waals surface area (Å²) in [5, 5.41) is 5.92. The van der Waals surface area contributed by atoms with Gasteiger partial charge in [-0.1, -0.05) is 0 Å². The highest BCUT2D eigenvalue weighted by molar-refractivity contribution is 5.89. The summed E-state index contributed by atoms with van der Waals surface area (Å²) < 4.78 is 0. The number of nitrogens with zero attached hydrogens (tertiary/aromatic N) is 1. The molecule has 2 aliphatic heterocycles. The van der Waals surface area contributed by atoms with Crippen molar-refractivity contribution < 1.29 is 9.59 Å². The summed E-state index contributed by atoms with van der Waals surface area (Å²) in [7, 11) is 1.84. The van der Waals surface area contributed by atoms with Crippen molar-refractivity contribution in [2.24, 2.45) is 5.92 Å². The minimum Gasteiger partial charge on any atom is -0.355 e. The molecule has 0 aromatic heterocycles. The predicted octanol–water partition coefficient (Wildman–Crippen LogP) is -0.635. The Hall–Kier alpha value is -0.810. The van der Waals surface area contributed by atoms with E-state index in [0.29, 0.717) is 19.0 Å². The molecule has 0 radical (unpaired) electrons. The van der Waals surface area contributed by atoms with Gasteiger partial charge in [-0.3, -0.25) is 9.59 Å². The molecule has 2 rings (SSSR count). The lowest BCUT2D eigenvalue weighted by molar-refractivity contribution is -0.136. The van der Waals surface area contributed by atoms with Crippen LogP contribution in [-0.2, 0) is 9.59 Å². The summed E-state index contributed by atoms with van der Waals surface area (Å²) >= 11 is 0. The fourth-order valence-corrected chi connectivity index (χ4v) is 2.22. The van der Waals surface area contributed by atoms with E-state index in [2.05, 4.69) is 10.6 Å².